The number of aromatic carboxylic acids is 1. The number of nitrogens with one attached hydrogen (secondary N) is 1. The van der Waals surface area contributed by atoms with Crippen molar-refractivity contribution in [3.05, 3.63) is 58.1 Å². The number of halogens is 6. The molecule has 3 atom stereocenters. The number of carboxylic acids is 1. The average molecular weight is 567 g/mol. The van der Waals surface area contributed by atoms with Gasteiger partial charge in [-0.1, -0.05) is 17.7 Å². The first-order valence-corrected chi connectivity index (χ1v) is 12.3. The Hall–Kier alpha value is -3.74. The molecule has 2 aliphatic rings. The predicted molar refractivity (Wildman–Crippen MR) is 133 cm³/mol. The van der Waals surface area contributed by atoms with E-state index < -0.39 is 41.6 Å². The van der Waals surface area contributed by atoms with Crippen LogP contribution in [0.15, 0.2) is 30.5 Å². The summed E-state index contributed by atoms with van der Waals surface area (Å²) < 4.78 is 70.1. The maximum absolute atomic E-state index is 13.9. The SMILES string of the molecule is Cc1cc([C@@H](C)Nc2ccc(Cl)nc2C(=O)O)c2nc(N3CC4C(C3)C4(F)F)n3cc(C(F)(F)F)nc3c2c1. The van der Waals surface area contributed by atoms with Gasteiger partial charge in [-0.25, -0.2) is 28.5 Å². The quantitative estimate of drug-likeness (QED) is 0.232. The maximum atomic E-state index is 13.9. The van der Waals surface area contributed by atoms with Crippen LogP contribution in [-0.2, 0) is 6.18 Å². The van der Waals surface area contributed by atoms with Crippen molar-refractivity contribution in [2.75, 3.05) is 23.3 Å². The number of aromatic nitrogens is 4. The number of alkyl halides is 5. The van der Waals surface area contributed by atoms with Crippen molar-refractivity contribution in [3.8, 4) is 0 Å². The third-order valence-corrected chi connectivity index (χ3v) is 7.54. The van der Waals surface area contributed by atoms with Crippen molar-refractivity contribution in [1.29, 1.82) is 0 Å². The van der Waals surface area contributed by atoms with Crippen LogP contribution in [0.2, 0.25) is 5.15 Å². The third-order valence-electron chi connectivity index (χ3n) is 7.33. The fourth-order valence-corrected chi connectivity index (χ4v) is 5.51. The van der Waals surface area contributed by atoms with Gasteiger partial charge in [0.2, 0.25) is 5.95 Å². The Kier molecular flexibility index (Phi) is 5.48. The normalized spacial score (nSPS) is 20.9. The van der Waals surface area contributed by atoms with E-state index >= 15 is 0 Å². The highest BCUT2D eigenvalue weighted by Crippen LogP contribution is 2.59. The summed E-state index contributed by atoms with van der Waals surface area (Å²) >= 11 is 5.86. The number of benzene rings is 1. The minimum Gasteiger partial charge on any atom is -0.476 e. The largest absolute Gasteiger partial charge is 0.476 e. The van der Waals surface area contributed by atoms with Crippen LogP contribution in [0.4, 0.5) is 33.6 Å². The third kappa shape index (κ3) is 4.10. The number of anilines is 2. The van der Waals surface area contributed by atoms with E-state index in [0.29, 0.717) is 22.0 Å². The molecule has 0 spiro atoms. The average Bonchev–Trinajstić information content (AvgIpc) is 3.29. The number of aryl methyl sites for hydroxylation is 1. The van der Waals surface area contributed by atoms with E-state index in [1.807, 2.05) is 0 Å². The fraction of sp³-hybridized carbons (Fsp3) is 0.360. The van der Waals surface area contributed by atoms with Crippen LogP contribution in [0.5, 0.6) is 0 Å². The number of piperidine rings is 1. The lowest BCUT2D eigenvalue weighted by Crippen LogP contribution is -2.30. The van der Waals surface area contributed by atoms with Gasteiger partial charge in [0.1, 0.15) is 10.8 Å². The summed E-state index contributed by atoms with van der Waals surface area (Å²) in [6.45, 7) is 3.41. The minimum atomic E-state index is -4.73. The number of carbonyl (C=O) groups is 1. The molecule has 39 heavy (non-hydrogen) atoms. The molecule has 0 radical (unpaired) electrons. The summed E-state index contributed by atoms with van der Waals surface area (Å²) in [6.07, 6.45) is -3.90. The van der Waals surface area contributed by atoms with Crippen LogP contribution < -0.4 is 10.2 Å². The summed E-state index contributed by atoms with van der Waals surface area (Å²) in [5.74, 6) is -5.75. The molecule has 2 unspecified atom stereocenters. The maximum Gasteiger partial charge on any atom is 0.434 e. The van der Waals surface area contributed by atoms with Crippen molar-refractivity contribution in [2.24, 2.45) is 11.8 Å². The first kappa shape index (κ1) is 25.5. The molecule has 0 amide bonds. The zero-order chi connectivity index (χ0) is 28.0. The molecule has 14 heteroatoms. The van der Waals surface area contributed by atoms with Crippen LogP contribution in [0.3, 0.4) is 0 Å². The monoisotopic (exact) mass is 566 g/mol. The number of rotatable bonds is 5. The molecule has 4 heterocycles. The number of hydrogen-bond acceptors (Lipinski definition) is 6. The van der Waals surface area contributed by atoms with E-state index in [4.69, 9.17) is 16.6 Å². The summed E-state index contributed by atoms with van der Waals surface area (Å²) in [5.41, 5.74) is 0.306. The predicted octanol–water partition coefficient (Wildman–Crippen LogP) is 5.83. The second kappa shape index (κ2) is 8.38. The van der Waals surface area contributed by atoms with Crippen molar-refractivity contribution in [2.45, 2.75) is 32.0 Å². The highest BCUT2D eigenvalue weighted by Gasteiger charge is 2.72. The molecule has 4 aromatic rings. The smallest absolute Gasteiger partial charge is 0.434 e. The topological polar surface area (TPSA) is 95.6 Å². The lowest BCUT2D eigenvalue weighted by molar-refractivity contribution is -0.140. The Morgan fingerprint density at radius 1 is 1.18 bits per heavy atom. The molecule has 1 aliphatic heterocycles. The number of pyridine rings is 1. The Balaban J connectivity index is 1.51. The van der Waals surface area contributed by atoms with Gasteiger partial charge in [0.25, 0.3) is 5.92 Å². The van der Waals surface area contributed by atoms with Gasteiger partial charge in [0.15, 0.2) is 11.4 Å². The van der Waals surface area contributed by atoms with E-state index in [1.165, 1.54) is 16.5 Å². The highest BCUT2D eigenvalue weighted by atomic mass is 35.5. The molecule has 2 N–H and O–H groups in total. The first-order chi connectivity index (χ1) is 18.3. The minimum absolute atomic E-state index is 0.00526. The molecular weight excluding hydrogens is 547 g/mol. The molecule has 0 bridgehead atoms. The lowest BCUT2D eigenvalue weighted by Gasteiger charge is -2.24. The van der Waals surface area contributed by atoms with E-state index in [-0.39, 0.29) is 41.2 Å². The lowest BCUT2D eigenvalue weighted by atomic mass is 10.0. The van der Waals surface area contributed by atoms with Crippen LogP contribution in [0, 0.1) is 18.8 Å². The van der Waals surface area contributed by atoms with Gasteiger partial charge in [0.05, 0.1) is 29.1 Å². The fourth-order valence-electron chi connectivity index (χ4n) is 5.37. The van der Waals surface area contributed by atoms with Crippen molar-refractivity contribution in [3.63, 3.8) is 0 Å². The van der Waals surface area contributed by atoms with Gasteiger partial charge >= 0.3 is 12.1 Å². The van der Waals surface area contributed by atoms with Gasteiger partial charge in [0, 0.05) is 30.2 Å². The summed E-state index contributed by atoms with van der Waals surface area (Å²) in [4.78, 5) is 25.7. The second-order valence-electron chi connectivity index (χ2n) is 9.97. The van der Waals surface area contributed by atoms with Gasteiger partial charge in [-0.05, 0) is 37.6 Å². The molecule has 3 aromatic heterocycles. The zero-order valence-corrected chi connectivity index (χ0v) is 21.1. The Labute approximate surface area is 222 Å². The van der Waals surface area contributed by atoms with Crippen LogP contribution in [-0.4, -0.2) is 49.4 Å². The number of imidazole rings is 1. The van der Waals surface area contributed by atoms with E-state index in [9.17, 15) is 31.9 Å². The van der Waals surface area contributed by atoms with E-state index in [2.05, 4.69) is 15.3 Å². The number of fused-ring (bicyclic) bond motifs is 4. The standard InChI is InChI=1S/C25H20ClF5N6O2/c1-10-5-12(11(2)32-16-3-4-18(26)34-20(16)22(38)39)19-13(6-10)21-33-17(25(29,30)31)9-37(21)23(35-19)36-7-14-15(8-36)24(14,27)28/h3-6,9,11,14-15,32H,7-8H2,1-2H3,(H,38,39)/t11-,14?,15?/m1/s1. The van der Waals surface area contributed by atoms with Gasteiger partial charge in [-0.15, -0.1) is 0 Å². The summed E-state index contributed by atoms with van der Waals surface area (Å²) in [5, 5.41) is 13.0. The highest BCUT2D eigenvalue weighted by molar-refractivity contribution is 6.29. The van der Waals surface area contributed by atoms with E-state index in [0.717, 1.165) is 6.20 Å². The molecule has 1 saturated heterocycles. The summed E-state index contributed by atoms with van der Waals surface area (Å²) in [6, 6.07) is 5.73. The molecule has 1 aliphatic carbocycles. The number of hydrogen-bond donors (Lipinski definition) is 2. The van der Waals surface area contributed by atoms with Gasteiger partial charge in [-0.3, -0.25) is 4.40 Å². The van der Waals surface area contributed by atoms with Crippen molar-refractivity contribution >= 4 is 45.8 Å². The number of carboxylic acid groups (broad SMARTS) is 1. The van der Waals surface area contributed by atoms with E-state index in [1.54, 1.807) is 30.9 Å². The summed E-state index contributed by atoms with van der Waals surface area (Å²) in [7, 11) is 0. The van der Waals surface area contributed by atoms with Gasteiger partial charge < -0.3 is 15.3 Å². The Bertz CT molecular complexity index is 1660. The van der Waals surface area contributed by atoms with Crippen molar-refractivity contribution in [1.82, 2.24) is 19.4 Å². The number of nitrogens with zero attached hydrogens (tertiary/aromatic N) is 5. The van der Waals surface area contributed by atoms with Gasteiger partial charge in [-0.2, -0.15) is 13.2 Å². The molecule has 204 valence electrons. The molecular formula is C25H20ClF5N6O2. The molecule has 1 saturated carbocycles. The molecule has 6 rings (SSSR count). The molecule has 1 aromatic carbocycles. The molecule has 8 nitrogen and oxygen atoms in total. The van der Waals surface area contributed by atoms with Crippen LogP contribution >= 0.6 is 11.6 Å². The first-order valence-electron chi connectivity index (χ1n) is 12.0. The second-order valence-corrected chi connectivity index (χ2v) is 10.4. The zero-order valence-electron chi connectivity index (χ0n) is 20.4. The van der Waals surface area contributed by atoms with Crippen molar-refractivity contribution < 1.29 is 31.9 Å². The van der Waals surface area contributed by atoms with Crippen LogP contribution in [0.25, 0.3) is 16.6 Å². The Morgan fingerprint density at radius 2 is 1.87 bits per heavy atom. The van der Waals surface area contributed by atoms with Crippen LogP contribution in [0.1, 0.15) is 40.3 Å². The Morgan fingerprint density at radius 3 is 2.51 bits per heavy atom. The molecule has 2 fully saturated rings.